The molecular weight excluding hydrogens is 388 g/mol. The maximum absolute atomic E-state index is 13.3. The summed E-state index contributed by atoms with van der Waals surface area (Å²) in [5.74, 6) is 0.0257. The first-order valence-corrected chi connectivity index (χ1v) is 13.9. The highest BCUT2D eigenvalue weighted by Crippen LogP contribution is 2.38. The van der Waals surface area contributed by atoms with Gasteiger partial charge in [0.05, 0.1) is 32.5 Å². The number of carbonyl (C=O) groups is 1. The molecule has 0 atom stereocenters. The van der Waals surface area contributed by atoms with Gasteiger partial charge in [0.2, 0.25) is 0 Å². The normalized spacial score (nSPS) is 15.4. The summed E-state index contributed by atoms with van der Waals surface area (Å²) in [5.41, 5.74) is 4.00. The number of rotatable bonds is 7. The number of aromatic nitrogens is 1. The smallest absolute Gasteiger partial charge is 0.278 e. The molecule has 30 heavy (non-hydrogen) atoms. The fraction of sp³-hybridized carbons (Fsp3) is 0.240. The van der Waals surface area contributed by atoms with Crippen molar-refractivity contribution in [3.8, 4) is 0 Å². The SMILES string of the molecule is C[Si](C)(C)/C(CCOCc1ccccc1)=C1\c2ccccc2C(=O)N1n1cccc1. The van der Waals surface area contributed by atoms with Crippen LogP contribution in [0, 0.1) is 0 Å². The summed E-state index contributed by atoms with van der Waals surface area (Å²) >= 11 is 0. The van der Waals surface area contributed by atoms with Crippen LogP contribution in [-0.4, -0.2) is 25.3 Å². The minimum Gasteiger partial charge on any atom is -0.376 e. The van der Waals surface area contributed by atoms with Gasteiger partial charge in [-0.3, -0.25) is 9.47 Å². The van der Waals surface area contributed by atoms with Crippen molar-refractivity contribution in [2.75, 3.05) is 11.6 Å². The van der Waals surface area contributed by atoms with Gasteiger partial charge in [0.15, 0.2) is 0 Å². The van der Waals surface area contributed by atoms with Gasteiger partial charge in [0.25, 0.3) is 5.91 Å². The first kappa shape index (κ1) is 20.4. The fourth-order valence-corrected chi connectivity index (χ4v) is 5.77. The minimum atomic E-state index is -1.74. The highest BCUT2D eigenvalue weighted by atomic mass is 28.3. The van der Waals surface area contributed by atoms with E-state index in [9.17, 15) is 4.79 Å². The van der Waals surface area contributed by atoms with Crippen LogP contribution in [0.15, 0.2) is 84.3 Å². The van der Waals surface area contributed by atoms with Crippen LogP contribution < -0.4 is 5.01 Å². The molecule has 2 aromatic carbocycles. The molecule has 0 N–H and O–H groups in total. The number of hydrogen-bond donors (Lipinski definition) is 0. The Morgan fingerprint density at radius 3 is 2.17 bits per heavy atom. The maximum atomic E-state index is 13.3. The van der Waals surface area contributed by atoms with Crippen molar-refractivity contribution >= 4 is 19.7 Å². The molecule has 1 aliphatic rings. The number of hydrogen-bond acceptors (Lipinski definition) is 2. The third-order valence-corrected chi connectivity index (χ3v) is 7.73. The van der Waals surface area contributed by atoms with Gasteiger partial charge in [-0.25, -0.2) is 5.01 Å². The van der Waals surface area contributed by atoms with Gasteiger partial charge in [-0.15, -0.1) is 0 Å². The van der Waals surface area contributed by atoms with Crippen LogP contribution in [0.3, 0.4) is 0 Å². The molecule has 1 amide bonds. The van der Waals surface area contributed by atoms with E-state index in [-0.39, 0.29) is 5.91 Å². The molecule has 4 rings (SSSR count). The first-order valence-electron chi connectivity index (χ1n) is 10.4. The molecule has 5 heteroatoms. The highest BCUT2D eigenvalue weighted by molar-refractivity contribution is 6.84. The predicted molar refractivity (Wildman–Crippen MR) is 124 cm³/mol. The first-order chi connectivity index (χ1) is 14.5. The summed E-state index contributed by atoms with van der Waals surface area (Å²) in [7, 11) is -1.74. The molecule has 0 unspecified atom stereocenters. The van der Waals surface area contributed by atoms with Crippen molar-refractivity contribution in [1.82, 2.24) is 4.68 Å². The number of amides is 1. The predicted octanol–water partition coefficient (Wildman–Crippen LogP) is 5.48. The third-order valence-electron chi connectivity index (χ3n) is 5.44. The van der Waals surface area contributed by atoms with Crippen LogP contribution in [0.4, 0.5) is 0 Å². The second-order valence-corrected chi connectivity index (χ2v) is 13.7. The van der Waals surface area contributed by atoms with Crippen LogP contribution in [0.25, 0.3) is 5.70 Å². The van der Waals surface area contributed by atoms with Crippen molar-refractivity contribution in [3.05, 3.63) is 101 Å². The molecule has 0 spiro atoms. The van der Waals surface area contributed by atoms with Crippen molar-refractivity contribution in [3.63, 3.8) is 0 Å². The Bertz CT molecular complexity index is 1050. The lowest BCUT2D eigenvalue weighted by molar-refractivity contribution is 0.0984. The quantitative estimate of drug-likeness (QED) is 0.378. The average Bonchev–Trinajstić information content (AvgIpc) is 3.35. The highest BCUT2D eigenvalue weighted by Gasteiger charge is 2.38. The second kappa shape index (κ2) is 8.46. The van der Waals surface area contributed by atoms with Crippen molar-refractivity contribution in [2.24, 2.45) is 0 Å². The van der Waals surface area contributed by atoms with Gasteiger partial charge in [0.1, 0.15) is 0 Å². The minimum absolute atomic E-state index is 0.0257. The Kier molecular flexibility index (Phi) is 5.75. The number of fused-ring (bicyclic) bond motifs is 1. The average molecular weight is 417 g/mol. The Balaban J connectivity index is 1.68. The van der Waals surface area contributed by atoms with E-state index in [4.69, 9.17) is 4.74 Å². The molecule has 2 heterocycles. The van der Waals surface area contributed by atoms with E-state index in [1.165, 1.54) is 10.8 Å². The van der Waals surface area contributed by atoms with Gasteiger partial charge >= 0.3 is 0 Å². The van der Waals surface area contributed by atoms with Crippen LogP contribution in [0.1, 0.15) is 27.9 Å². The van der Waals surface area contributed by atoms with Crippen molar-refractivity contribution in [2.45, 2.75) is 32.7 Å². The summed E-state index contributed by atoms with van der Waals surface area (Å²) in [6.45, 7) is 8.25. The molecule has 1 aliphatic heterocycles. The van der Waals surface area contributed by atoms with E-state index in [1.807, 2.05) is 70.6 Å². The molecule has 0 radical (unpaired) electrons. The lowest BCUT2D eigenvalue weighted by Crippen LogP contribution is -2.37. The molecule has 0 saturated carbocycles. The summed E-state index contributed by atoms with van der Waals surface area (Å²) in [4.78, 5) is 13.3. The maximum Gasteiger partial charge on any atom is 0.278 e. The molecule has 0 aliphatic carbocycles. The third kappa shape index (κ3) is 4.04. The van der Waals surface area contributed by atoms with Gasteiger partial charge in [-0.2, -0.15) is 0 Å². The lowest BCUT2D eigenvalue weighted by Gasteiger charge is -2.29. The van der Waals surface area contributed by atoms with Crippen molar-refractivity contribution in [1.29, 1.82) is 0 Å². The van der Waals surface area contributed by atoms with Gasteiger partial charge in [-0.1, -0.05) is 73.4 Å². The molecule has 0 saturated heterocycles. The van der Waals surface area contributed by atoms with Gasteiger partial charge in [0, 0.05) is 18.0 Å². The van der Waals surface area contributed by atoms with E-state index in [0.29, 0.717) is 13.2 Å². The monoisotopic (exact) mass is 416 g/mol. The zero-order valence-electron chi connectivity index (χ0n) is 17.8. The van der Waals surface area contributed by atoms with E-state index < -0.39 is 8.07 Å². The summed E-state index contributed by atoms with van der Waals surface area (Å²) < 4.78 is 7.91. The number of ether oxygens (including phenoxy) is 1. The second-order valence-electron chi connectivity index (χ2n) is 8.59. The van der Waals surface area contributed by atoms with Crippen LogP contribution in [0.5, 0.6) is 0 Å². The van der Waals surface area contributed by atoms with Crippen molar-refractivity contribution < 1.29 is 9.53 Å². The van der Waals surface area contributed by atoms with Crippen LogP contribution >= 0.6 is 0 Å². The standard InChI is InChI=1S/C25H28N2O2Si/c1-30(2,3)23(15-18-29-19-20-11-5-4-6-12-20)24-21-13-7-8-14-22(21)25(28)27(24)26-16-9-10-17-26/h4-14,16-17H,15,18-19H2,1-3H3/b24-23+. The van der Waals surface area contributed by atoms with Gasteiger partial charge in [-0.05, 0) is 30.2 Å². The molecular formula is C25H28N2O2Si. The summed E-state index contributed by atoms with van der Waals surface area (Å²) in [5, 5.41) is 3.18. The molecule has 0 fully saturated rings. The Hall–Kier alpha value is -2.89. The number of nitrogens with zero attached hydrogens (tertiary/aromatic N) is 2. The van der Waals surface area contributed by atoms with E-state index >= 15 is 0 Å². The Morgan fingerprint density at radius 2 is 1.50 bits per heavy atom. The lowest BCUT2D eigenvalue weighted by atomic mass is 10.1. The zero-order chi connectivity index (χ0) is 21.1. The van der Waals surface area contributed by atoms with Crippen LogP contribution in [0.2, 0.25) is 19.6 Å². The largest absolute Gasteiger partial charge is 0.376 e. The topological polar surface area (TPSA) is 34.5 Å². The summed E-state index contributed by atoms with van der Waals surface area (Å²) in [6, 6.07) is 22.1. The van der Waals surface area contributed by atoms with Gasteiger partial charge < -0.3 is 4.74 Å². The number of carbonyl (C=O) groups excluding carboxylic acids is 1. The Labute approximate surface area is 179 Å². The Morgan fingerprint density at radius 1 is 0.867 bits per heavy atom. The molecule has 4 nitrogen and oxygen atoms in total. The molecule has 154 valence electrons. The van der Waals surface area contributed by atoms with E-state index in [1.54, 1.807) is 0 Å². The van der Waals surface area contributed by atoms with E-state index in [0.717, 1.165) is 23.2 Å². The fourth-order valence-electron chi connectivity index (χ4n) is 3.96. The summed E-state index contributed by atoms with van der Waals surface area (Å²) in [6.07, 6.45) is 4.67. The van der Waals surface area contributed by atoms with Crippen LogP contribution in [-0.2, 0) is 11.3 Å². The molecule has 3 aromatic rings. The van der Waals surface area contributed by atoms with E-state index in [2.05, 4.69) is 37.8 Å². The molecule has 1 aromatic heterocycles. The number of benzene rings is 2. The molecule has 0 bridgehead atoms. The zero-order valence-corrected chi connectivity index (χ0v) is 18.8.